The van der Waals surface area contributed by atoms with E-state index in [0.717, 1.165) is 23.5 Å². The third kappa shape index (κ3) is 6.46. The molecule has 0 spiro atoms. The van der Waals surface area contributed by atoms with Crippen LogP contribution in [0.2, 0.25) is 0 Å². The Labute approximate surface area is 167 Å². The highest BCUT2D eigenvalue weighted by Crippen LogP contribution is 2.28. The molecule has 1 aliphatic carbocycles. The van der Waals surface area contributed by atoms with Crippen molar-refractivity contribution in [3.8, 4) is 0 Å². The van der Waals surface area contributed by atoms with E-state index in [9.17, 15) is 0 Å². The second-order valence-electron chi connectivity index (χ2n) is 7.08. The monoisotopic (exact) mass is 466 g/mol. The molecule has 5 nitrogen and oxygen atoms in total. The first-order chi connectivity index (χ1) is 10.9. The molecule has 1 fully saturated rings. The number of oxazole rings is 1. The topological polar surface area (TPSA) is 62.5 Å². The third-order valence-corrected chi connectivity index (χ3v) is 5.16. The van der Waals surface area contributed by atoms with Crippen LogP contribution in [-0.2, 0) is 12.0 Å². The van der Waals surface area contributed by atoms with Crippen molar-refractivity contribution in [3.63, 3.8) is 0 Å². The van der Waals surface area contributed by atoms with E-state index in [-0.39, 0.29) is 29.4 Å². The van der Waals surface area contributed by atoms with Gasteiger partial charge in [-0.1, -0.05) is 20.8 Å². The molecule has 0 bridgehead atoms. The zero-order valence-electron chi connectivity index (χ0n) is 15.4. The number of rotatable bonds is 5. The van der Waals surface area contributed by atoms with Gasteiger partial charge in [-0.2, -0.15) is 11.8 Å². The summed E-state index contributed by atoms with van der Waals surface area (Å²) in [5.41, 5.74) is -0.0195. The molecule has 2 unspecified atom stereocenters. The van der Waals surface area contributed by atoms with Crippen LogP contribution in [0.15, 0.2) is 15.6 Å². The number of aliphatic imine (C=N–C) groups is 1. The fourth-order valence-electron chi connectivity index (χ4n) is 2.68. The maximum absolute atomic E-state index is 5.80. The smallest absolute Gasteiger partial charge is 0.216 e. The van der Waals surface area contributed by atoms with E-state index in [4.69, 9.17) is 4.42 Å². The normalized spacial score (nSPS) is 21.5. The Kier molecular flexibility index (Phi) is 8.90. The first kappa shape index (κ1) is 21.6. The Balaban J connectivity index is 0.00000288. The minimum absolute atomic E-state index is 0. The molecule has 0 aliphatic heterocycles. The number of aromatic nitrogens is 1. The van der Waals surface area contributed by atoms with Crippen molar-refractivity contribution in [2.24, 2.45) is 4.99 Å². The molecule has 0 amide bonds. The molecule has 1 aromatic heterocycles. The number of halogens is 1. The summed E-state index contributed by atoms with van der Waals surface area (Å²) in [6.07, 6.45) is 7.71. The third-order valence-electron chi connectivity index (χ3n) is 4.07. The lowest BCUT2D eigenvalue weighted by Crippen LogP contribution is -2.42. The van der Waals surface area contributed by atoms with Gasteiger partial charge in [-0.25, -0.2) is 9.98 Å². The van der Waals surface area contributed by atoms with Crippen molar-refractivity contribution in [1.29, 1.82) is 0 Å². The van der Waals surface area contributed by atoms with Crippen molar-refractivity contribution >= 4 is 41.7 Å². The highest BCUT2D eigenvalue weighted by molar-refractivity contribution is 14.0. The molecule has 0 aromatic carbocycles. The summed E-state index contributed by atoms with van der Waals surface area (Å²) in [7, 11) is 0. The standard InChI is InChI=1S/C17H30N4OS.HI/c1-6-18-16(21-12-7-8-13(9-12)23-5)20-11-15-19-10-14(22-15)17(2,3)4;/h10,12-13H,6-9,11H2,1-5H3,(H2,18,20,21);1H. The average molecular weight is 466 g/mol. The minimum Gasteiger partial charge on any atom is -0.443 e. The predicted octanol–water partition coefficient (Wildman–Crippen LogP) is 3.93. The maximum Gasteiger partial charge on any atom is 0.216 e. The summed E-state index contributed by atoms with van der Waals surface area (Å²) in [6, 6.07) is 0.514. The number of hydrogen-bond acceptors (Lipinski definition) is 4. The van der Waals surface area contributed by atoms with Crippen molar-refractivity contribution in [2.45, 2.75) is 70.2 Å². The van der Waals surface area contributed by atoms with E-state index in [1.165, 1.54) is 19.3 Å². The highest BCUT2D eigenvalue weighted by Gasteiger charge is 2.24. The molecule has 138 valence electrons. The molecule has 1 aliphatic rings. The van der Waals surface area contributed by atoms with E-state index in [1.54, 1.807) is 0 Å². The quantitative estimate of drug-likeness (QED) is 0.391. The summed E-state index contributed by atoms with van der Waals surface area (Å²) in [4.78, 5) is 8.96. The van der Waals surface area contributed by atoms with E-state index in [2.05, 4.69) is 54.6 Å². The summed E-state index contributed by atoms with van der Waals surface area (Å²) in [5.74, 6) is 2.43. The lowest BCUT2D eigenvalue weighted by atomic mass is 9.94. The Hall–Kier alpha value is -0.440. The minimum atomic E-state index is -0.0195. The number of nitrogens with zero attached hydrogens (tertiary/aromatic N) is 2. The van der Waals surface area contributed by atoms with Gasteiger partial charge in [0.25, 0.3) is 0 Å². The van der Waals surface area contributed by atoms with Crippen LogP contribution in [0.3, 0.4) is 0 Å². The van der Waals surface area contributed by atoms with Crippen molar-refractivity contribution < 1.29 is 4.42 Å². The van der Waals surface area contributed by atoms with Crippen LogP contribution in [0, 0.1) is 0 Å². The lowest BCUT2D eigenvalue weighted by molar-refractivity contribution is 0.383. The van der Waals surface area contributed by atoms with Gasteiger partial charge in [0, 0.05) is 23.3 Å². The molecule has 2 atom stereocenters. The number of thioether (sulfide) groups is 1. The average Bonchev–Trinajstić information content (AvgIpc) is 3.13. The van der Waals surface area contributed by atoms with Gasteiger partial charge in [0.2, 0.25) is 5.89 Å². The summed E-state index contributed by atoms with van der Waals surface area (Å²) >= 11 is 1.97. The van der Waals surface area contributed by atoms with Crippen LogP contribution in [0.1, 0.15) is 58.6 Å². The summed E-state index contributed by atoms with van der Waals surface area (Å²) in [5, 5.41) is 7.63. The SMILES string of the molecule is CCNC(=NCc1ncc(C(C)(C)C)o1)NC1CCC(SC)C1.I. The Morgan fingerprint density at radius 3 is 2.71 bits per heavy atom. The Morgan fingerprint density at radius 2 is 2.17 bits per heavy atom. The van der Waals surface area contributed by atoms with Crippen LogP contribution in [0.4, 0.5) is 0 Å². The van der Waals surface area contributed by atoms with Crippen LogP contribution in [0.5, 0.6) is 0 Å². The molecule has 7 heteroatoms. The fourth-order valence-corrected chi connectivity index (χ4v) is 3.47. The van der Waals surface area contributed by atoms with Crippen LogP contribution in [-0.4, -0.2) is 35.0 Å². The van der Waals surface area contributed by atoms with E-state index in [0.29, 0.717) is 18.5 Å². The van der Waals surface area contributed by atoms with E-state index in [1.807, 2.05) is 18.0 Å². The zero-order valence-corrected chi connectivity index (χ0v) is 18.5. The van der Waals surface area contributed by atoms with Gasteiger partial charge >= 0.3 is 0 Å². The molecule has 2 N–H and O–H groups in total. The van der Waals surface area contributed by atoms with Gasteiger partial charge in [0.15, 0.2) is 5.96 Å². The van der Waals surface area contributed by atoms with Gasteiger partial charge in [0.1, 0.15) is 12.3 Å². The van der Waals surface area contributed by atoms with Gasteiger partial charge in [-0.05, 0) is 32.4 Å². The summed E-state index contributed by atoms with van der Waals surface area (Å²) < 4.78 is 5.80. The molecule has 24 heavy (non-hydrogen) atoms. The van der Waals surface area contributed by atoms with Gasteiger partial charge < -0.3 is 15.1 Å². The maximum atomic E-state index is 5.80. The molecule has 1 aromatic rings. The number of hydrogen-bond donors (Lipinski definition) is 2. The number of guanidine groups is 1. The number of nitrogens with one attached hydrogen (secondary N) is 2. The fraction of sp³-hybridized carbons (Fsp3) is 0.765. The Bertz CT molecular complexity index is 527. The van der Waals surface area contributed by atoms with Crippen LogP contribution < -0.4 is 10.6 Å². The Morgan fingerprint density at radius 1 is 1.42 bits per heavy atom. The van der Waals surface area contributed by atoms with Gasteiger partial charge in [0.05, 0.1) is 6.20 Å². The highest BCUT2D eigenvalue weighted by atomic mass is 127. The second-order valence-corrected chi connectivity index (χ2v) is 8.21. The largest absolute Gasteiger partial charge is 0.443 e. The molecule has 1 saturated carbocycles. The van der Waals surface area contributed by atoms with E-state index >= 15 is 0 Å². The van der Waals surface area contributed by atoms with Crippen molar-refractivity contribution in [3.05, 3.63) is 17.8 Å². The molecular weight excluding hydrogens is 435 g/mol. The van der Waals surface area contributed by atoms with Crippen molar-refractivity contribution in [2.75, 3.05) is 12.8 Å². The second kappa shape index (κ2) is 9.89. The first-order valence-electron chi connectivity index (χ1n) is 8.45. The van der Waals surface area contributed by atoms with Crippen molar-refractivity contribution in [1.82, 2.24) is 15.6 Å². The first-order valence-corrected chi connectivity index (χ1v) is 9.74. The summed E-state index contributed by atoms with van der Waals surface area (Å²) in [6.45, 7) is 9.75. The molecular formula is C17H31IN4OS. The zero-order chi connectivity index (χ0) is 16.9. The molecule has 0 radical (unpaired) electrons. The van der Waals surface area contributed by atoms with Gasteiger partial charge in [-0.3, -0.25) is 0 Å². The predicted molar refractivity (Wildman–Crippen MR) is 114 cm³/mol. The van der Waals surface area contributed by atoms with E-state index < -0.39 is 0 Å². The van der Waals surface area contributed by atoms with Crippen LogP contribution in [0.25, 0.3) is 0 Å². The lowest BCUT2D eigenvalue weighted by Gasteiger charge is -2.17. The molecule has 2 rings (SSSR count). The van der Waals surface area contributed by atoms with Crippen LogP contribution >= 0.6 is 35.7 Å². The molecule has 0 saturated heterocycles. The molecule has 1 heterocycles. The van der Waals surface area contributed by atoms with Gasteiger partial charge in [-0.15, -0.1) is 24.0 Å².